The minimum absolute atomic E-state index is 0.0157. The minimum Gasteiger partial charge on any atom is -0.469 e. The number of nitrogens with zero attached hydrogens (tertiary/aromatic N) is 3. The van der Waals surface area contributed by atoms with Gasteiger partial charge in [0.05, 0.1) is 23.6 Å². The number of hydrogen-bond donors (Lipinski definition) is 1. The number of nitrogens with one attached hydrogen (secondary N) is 1. The third-order valence-electron chi connectivity index (χ3n) is 5.60. The van der Waals surface area contributed by atoms with Crippen molar-refractivity contribution in [2.75, 3.05) is 6.54 Å². The molecule has 7 heteroatoms. The van der Waals surface area contributed by atoms with Gasteiger partial charge in [-0.25, -0.2) is 0 Å². The molecule has 0 aliphatic carbocycles. The van der Waals surface area contributed by atoms with E-state index >= 15 is 0 Å². The zero-order valence-corrected chi connectivity index (χ0v) is 19.9. The van der Waals surface area contributed by atoms with Gasteiger partial charge >= 0.3 is 0 Å². The summed E-state index contributed by atoms with van der Waals surface area (Å²) in [6, 6.07) is 22.3. The summed E-state index contributed by atoms with van der Waals surface area (Å²) in [5.41, 5.74) is 3.25. The van der Waals surface area contributed by atoms with E-state index in [0.717, 1.165) is 22.7 Å². The van der Waals surface area contributed by atoms with Crippen LogP contribution in [0.25, 0.3) is 11.4 Å². The van der Waals surface area contributed by atoms with Gasteiger partial charge in [0.25, 0.3) is 0 Å². The number of furan rings is 1. The van der Waals surface area contributed by atoms with Crippen LogP contribution in [0.5, 0.6) is 0 Å². The third kappa shape index (κ3) is 5.54. The van der Waals surface area contributed by atoms with Crippen molar-refractivity contribution in [2.24, 2.45) is 0 Å². The molecule has 2 unspecified atom stereocenters. The van der Waals surface area contributed by atoms with E-state index in [-0.39, 0.29) is 17.1 Å². The Hall–Kier alpha value is -3.32. The maximum atomic E-state index is 12.8. The number of rotatable bonds is 9. The molecule has 6 nitrogen and oxygen atoms in total. The molecule has 0 bridgehead atoms. The molecule has 0 spiro atoms. The molecule has 0 aliphatic rings. The summed E-state index contributed by atoms with van der Waals surface area (Å²) in [4.78, 5) is 12.8. The van der Waals surface area contributed by atoms with Gasteiger partial charge in [-0.1, -0.05) is 79.3 Å². The lowest BCUT2D eigenvalue weighted by Crippen LogP contribution is -2.33. The van der Waals surface area contributed by atoms with Gasteiger partial charge in [0.1, 0.15) is 5.76 Å². The molecule has 1 N–H and O–H groups in total. The summed E-state index contributed by atoms with van der Waals surface area (Å²) in [6.07, 6.45) is 1.66. The number of benzene rings is 2. The van der Waals surface area contributed by atoms with Crippen molar-refractivity contribution >= 4 is 17.7 Å². The van der Waals surface area contributed by atoms with E-state index in [1.165, 1.54) is 17.3 Å². The molecule has 0 radical (unpaired) electrons. The summed E-state index contributed by atoms with van der Waals surface area (Å²) in [7, 11) is 0. The van der Waals surface area contributed by atoms with Crippen LogP contribution in [0.15, 0.2) is 82.6 Å². The third-order valence-corrected chi connectivity index (χ3v) is 6.68. The normalized spacial score (nSPS) is 12.9. The molecule has 0 saturated carbocycles. The van der Waals surface area contributed by atoms with Crippen LogP contribution in [0.2, 0.25) is 0 Å². The zero-order chi connectivity index (χ0) is 23.2. The van der Waals surface area contributed by atoms with Gasteiger partial charge in [-0.15, -0.1) is 10.2 Å². The van der Waals surface area contributed by atoms with Gasteiger partial charge < -0.3 is 9.73 Å². The van der Waals surface area contributed by atoms with Crippen molar-refractivity contribution in [1.82, 2.24) is 20.1 Å². The van der Waals surface area contributed by atoms with Gasteiger partial charge in [-0.3, -0.25) is 9.36 Å². The number of amides is 1. The van der Waals surface area contributed by atoms with Gasteiger partial charge in [-0.2, -0.15) is 0 Å². The average Bonchev–Trinajstić information content (AvgIpc) is 3.44. The maximum absolute atomic E-state index is 12.8. The standard InChI is InChI=1S/C26H28N4O2S/c1-18(22-12-8-5-9-13-22)16-27-25(31)20(3)33-26-29-28-24(23-14-15-32-19(23)2)30(26)17-21-10-6-4-7-11-21/h4-15,18,20H,16-17H2,1-3H3,(H,27,31). The second-order valence-corrected chi connectivity index (χ2v) is 9.39. The predicted molar refractivity (Wildman–Crippen MR) is 131 cm³/mol. The maximum Gasteiger partial charge on any atom is 0.233 e. The fraction of sp³-hybridized carbons (Fsp3) is 0.269. The molecule has 0 fully saturated rings. The number of aromatic nitrogens is 3. The molecule has 2 aromatic heterocycles. The molecule has 2 aromatic carbocycles. The van der Waals surface area contributed by atoms with E-state index in [0.29, 0.717) is 18.2 Å². The number of hydrogen-bond acceptors (Lipinski definition) is 5. The van der Waals surface area contributed by atoms with Gasteiger partial charge in [0, 0.05) is 6.54 Å². The van der Waals surface area contributed by atoms with E-state index < -0.39 is 0 Å². The molecule has 33 heavy (non-hydrogen) atoms. The largest absolute Gasteiger partial charge is 0.469 e. The van der Waals surface area contributed by atoms with Crippen LogP contribution >= 0.6 is 11.8 Å². The van der Waals surface area contributed by atoms with E-state index in [4.69, 9.17) is 4.42 Å². The summed E-state index contributed by atoms with van der Waals surface area (Å²) < 4.78 is 7.54. The number of aryl methyl sites for hydroxylation is 1. The van der Waals surface area contributed by atoms with E-state index in [2.05, 4.69) is 46.7 Å². The van der Waals surface area contributed by atoms with Crippen molar-refractivity contribution in [1.29, 1.82) is 0 Å². The van der Waals surface area contributed by atoms with Crippen LogP contribution in [-0.4, -0.2) is 32.5 Å². The lowest BCUT2D eigenvalue weighted by molar-refractivity contribution is -0.120. The summed E-state index contributed by atoms with van der Waals surface area (Å²) >= 11 is 1.42. The van der Waals surface area contributed by atoms with E-state index in [9.17, 15) is 4.79 Å². The molecule has 0 saturated heterocycles. The zero-order valence-electron chi connectivity index (χ0n) is 19.1. The second kappa shape index (κ2) is 10.5. The molecule has 0 aliphatic heterocycles. The Labute approximate surface area is 198 Å². The van der Waals surface area contributed by atoms with Crippen molar-refractivity contribution < 1.29 is 9.21 Å². The smallest absolute Gasteiger partial charge is 0.233 e. The van der Waals surface area contributed by atoms with Crippen LogP contribution in [0.4, 0.5) is 0 Å². The highest BCUT2D eigenvalue weighted by Gasteiger charge is 2.22. The van der Waals surface area contributed by atoms with Crippen LogP contribution in [0, 0.1) is 6.92 Å². The Kier molecular flexibility index (Phi) is 7.29. The highest BCUT2D eigenvalue weighted by atomic mass is 32.2. The molecule has 4 rings (SSSR count). The Balaban J connectivity index is 1.49. The molecule has 1 amide bonds. The lowest BCUT2D eigenvalue weighted by Gasteiger charge is -2.16. The predicted octanol–water partition coefficient (Wildman–Crippen LogP) is 5.30. The van der Waals surface area contributed by atoms with Crippen LogP contribution in [0.1, 0.15) is 36.7 Å². The highest BCUT2D eigenvalue weighted by Crippen LogP contribution is 2.30. The van der Waals surface area contributed by atoms with Crippen molar-refractivity contribution in [3.05, 3.63) is 89.9 Å². The monoisotopic (exact) mass is 460 g/mol. The molecular weight excluding hydrogens is 432 g/mol. The fourth-order valence-corrected chi connectivity index (χ4v) is 4.48. The number of carbonyl (C=O) groups is 1. The minimum atomic E-state index is -0.315. The first kappa shape index (κ1) is 22.9. The topological polar surface area (TPSA) is 72.9 Å². The molecule has 4 aromatic rings. The van der Waals surface area contributed by atoms with Crippen LogP contribution in [-0.2, 0) is 11.3 Å². The molecule has 2 heterocycles. The first-order chi connectivity index (χ1) is 16.0. The van der Waals surface area contributed by atoms with Gasteiger partial charge in [0.15, 0.2) is 11.0 Å². The van der Waals surface area contributed by atoms with Crippen molar-refractivity contribution in [2.45, 2.75) is 43.6 Å². The first-order valence-electron chi connectivity index (χ1n) is 11.0. The SMILES string of the molecule is Cc1occc1-c1nnc(SC(C)C(=O)NCC(C)c2ccccc2)n1Cc1ccccc1. The molecule has 170 valence electrons. The van der Waals surface area contributed by atoms with Crippen molar-refractivity contribution in [3.63, 3.8) is 0 Å². The summed E-state index contributed by atoms with van der Waals surface area (Å²) in [6.45, 7) is 7.12. The quantitative estimate of drug-likeness (QED) is 0.343. The summed E-state index contributed by atoms with van der Waals surface area (Å²) in [5.74, 6) is 1.75. The lowest BCUT2D eigenvalue weighted by atomic mass is 10.0. The Morgan fingerprint density at radius 2 is 1.73 bits per heavy atom. The Morgan fingerprint density at radius 3 is 2.39 bits per heavy atom. The van der Waals surface area contributed by atoms with Crippen LogP contribution < -0.4 is 5.32 Å². The first-order valence-corrected chi connectivity index (χ1v) is 11.9. The van der Waals surface area contributed by atoms with Crippen molar-refractivity contribution in [3.8, 4) is 11.4 Å². The average molecular weight is 461 g/mol. The number of thioether (sulfide) groups is 1. The summed E-state index contributed by atoms with van der Waals surface area (Å²) in [5, 5.41) is 12.3. The fourth-order valence-electron chi connectivity index (χ4n) is 3.61. The second-order valence-electron chi connectivity index (χ2n) is 8.09. The van der Waals surface area contributed by atoms with E-state index in [1.807, 2.05) is 60.9 Å². The highest BCUT2D eigenvalue weighted by molar-refractivity contribution is 8.00. The van der Waals surface area contributed by atoms with Crippen LogP contribution in [0.3, 0.4) is 0 Å². The van der Waals surface area contributed by atoms with Gasteiger partial charge in [-0.05, 0) is 37.0 Å². The Bertz CT molecular complexity index is 1190. The van der Waals surface area contributed by atoms with Gasteiger partial charge in [0.2, 0.25) is 5.91 Å². The van der Waals surface area contributed by atoms with E-state index in [1.54, 1.807) is 6.26 Å². The number of carbonyl (C=O) groups excluding carboxylic acids is 1. The molecule has 2 atom stereocenters. The molecular formula is C26H28N4O2S. The Morgan fingerprint density at radius 1 is 1.03 bits per heavy atom.